The van der Waals surface area contributed by atoms with E-state index in [-0.39, 0.29) is 6.04 Å². The van der Waals surface area contributed by atoms with Crippen molar-refractivity contribution >= 4 is 17.3 Å². The average molecular weight is 256 g/mol. The maximum absolute atomic E-state index is 9.97. The number of para-hydroxylation sites is 1. The Balaban J connectivity index is 2.30. The van der Waals surface area contributed by atoms with E-state index in [4.69, 9.17) is 11.6 Å². The molecular weight excluding hydrogens is 238 g/mol. The van der Waals surface area contributed by atoms with Crippen molar-refractivity contribution in [1.29, 1.82) is 0 Å². The molecule has 1 aromatic rings. The topological polar surface area (TPSA) is 43.7 Å². The Morgan fingerprint density at radius 1 is 1.24 bits per heavy atom. The van der Waals surface area contributed by atoms with Crippen molar-refractivity contribution in [3.05, 3.63) is 29.3 Å². The highest BCUT2D eigenvalue weighted by molar-refractivity contribution is 6.33. The minimum absolute atomic E-state index is 0.250. The van der Waals surface area contributed by atoms with Gasteiger partial charge in [-0.3, -0.25) is 0 Å². The number of halogens is 1. The van der Waals surface area contributed by atoms with Crippen LogP contribution in [0, 0.1) is 0 Å². The van der Waals surface area contributed by atoms with Crippen molar-refractivity contribution in [3.8, 4) is 0 Å². The number of nitrogens with zero attached hydrogens (tertiary/aromatic N) is 1. The van der Waals surface area contributed by atoms with E-state index >= 15 is 0 Å². The fraction of sp³-hybridized carbons (Fsp3) is 0.538. The number of rotatable bonds is 3. The molecule has 0 aliphatic heterocycles. The molecule has 1 fully saturated rings. The van der Waals surface area contributed by atoms with Gasteiger partial charge in [-0.25, -0.2) is 0 Å². The molecule has 2 N–H and O–H groups in total. The fourth-order valence-corrected chi connectivity index (χ4v) is 2.83. The number of anilines is 1. The summed E-state index contributed by atoms with van der Waals surface area (Å²) in [6, 6.07) is 7.29. The molecule has 17 heavy (non-hydrogen) atoms. The molecule has 1 saturated carbocycles. The Morgan fingerprint density at radius 3 is 2.35 bits per heavy atom. The largest absolute Gasteiger partial charge is 0.391 e. The van der Waals surface area contributed by atoms with Gasteiger partial charge in [-0.1, -0.05) is 23.7 Å². The average Bonchev–Trinajstić information content (AvgIpc) is 2.64. The standard InChI is InChI=1S/C13H18ClNO2/c1-2-15(10-6-4-3-5-9(10)14)13-11(16)7-8-12(13)17/h3-6,11-13,16-17H,2,7-8H2,1H3. The van der Waals surface area contributed by atoms with E-state index in [0.29, 0.717) is 24.4 Å². The summed E-state index contributed by atoms with van der Waals surface area (Å²) >= 11 is 6.17. The van der Waals surface area contributed by atoms with Gasteiger partial charge < -0.3 is 15.1 Å². The van der Waals surface area contributed by atoms with Gasteiger partial charge >= 0.3 is 0 Å². The lowest BCUT2D eigenvalue weighted by molar-refractivity contribution is 0.106. The lowest BCUT2D eigenvalue weighted by Gasteiger charge is -2.34. The van der Waals surface area contributed by atoms with E-state index in [2.05, 4.69) is 0 Å². The Kier molecular flexibility index (Phi) is 3.92. The predicted octanol–water partition coefficient (Wildman–Crippen LogP) is 2.05. The maximum Gasteiger partial charge on any atom is 0.0808 e. The number of likely N-dealkylation sites (N-methyl/N-ethyl adjacent to an activating group) is 1. The summed E-state index contributed by atoms with van der Waals surface area (Å²) in [5, 5.41) is 20.6. The first kappa shape index (κ1) is 12.7. The van der Waals surface area contributed by atoms with Crippen molar-refractivity contribution in [2.24, 2.45) is 0 Å². The third-order valence-electron chi connectivity index (χ3n) is 3.41. The highest BCUT2D eigenvalue weighted by Gasteiger charge is 2.38. The molecule has 0 bridgehead atoms. The summed E-state index contributed by atoms with van der Waals surface area (Å²) in [7, 11) is 0. The molecule has 94 valence electrons. The van der Waals surface area contributed by atoms with Gasteiger partial charge in [0, 0.05) is 6.54 Å². The van der Waals surface area contributed by atoms with Crippen LogP contribution in [-0.4, -0.2) is 35.0 Å². The molecule has 0 heterocycles. The molecule has 1 aliphatic rings. The van der Waals surface area contributed by atoms with Gasteiger partial charge in [-0.15, -0.1) is 0 Å². The van der Waals surface area contributed by atoms with E-state index in [1.807, 2.05) is 36.1 Å². The summed E-state index contributed by atoms with van der Waals surface area (Å²) in [6.45, 7) is 2.71. The summed E-state index contributed by atoms with van der Waals surface area (Å²) in [6.07, 6.45) is 0.321. The van der Waals surface area contributed by atoms with Crippen LogP contribution in [0.15, 0.2) is 24.3 Å². The molecule has 2 unspecified atom stereocenters. The van der Waals surface area contributed by atoms with Crippen LogP contribution >= 0.6 is 11.6 Å². The van der Waals surface area contributed by atoms with Crippen molar-refractivity contribution < 1.29 is 10.2 Å². The molecule has 0 radical (unpaired) electrons. The summed E-state index contributed by atoms with van der Waals surface area (Å²) in [5.74, 6) is 0. The monoisotopic (exact) mass is 255 g/mol. The molecule has 2 rings (SSSR count). The van der Waals surface area contributed by atoms with Crippen LogP contribution in [-0.2, 0) is 0 Å². The first-order chi connectivity index (χ1) is 8.15. The van der Waals surface area contributed by atoms with Gasteiger partial charge in [0.05, 0.1) is 29.0 Å². The van der Waals surface area contributed by atoms with E-state index in [0.717, 1.165) is 5.69 Å². The molecule has 4 heteroatoms. The Morgan fingerprint density at radius 2 is 1.82 bits per heavy atom. The van der Waals surface area contributed by atoms with Crippen molar-refractivity contribution in [3.63, 3.8) is 0 Å². The lowest BCUT2D eigenvalue weighted by Crippen LogP contribution is -2.46. The summed E-state index contributed by atoms with van der Waals surface area (Å²) < 4.78 is 0. The number of hydrogen-bond donors (Lipinski definition) is 2. The minimum atomic E-state index is -0.485. The molecule has 1 aliphatic carbocycles. The summed E-state index contributed by atoms with van der Waals surface area (Å²) in [4.78, 5) is 1.99. The molecule has 0 amide bonds. The zero-order chi connectivity index (χ0) is 12.4. The van der Waals surface area contributed by atoms with Gasteiger partial charge in [-0.2, -0.15) is 0 Å². The molecular formula is C13H18ClNO2. The Labute approximate surface area is 107 Å². The number of aliphatic hydroxyl groups excluding tert-OH is 2. The molecule has 0 saturated heterocycles. The first-order valence-electron chi connectivity index (χ1n) is 6.02. The lowest BCUT2D eigenvalue weighted by atomic mass is 10.1. The van der Waals surface area contributed by atoms with Gasteiger partial charge in [-0.05, 0) is 31.9 Å². The van der Waals surface area contributed by atoms with Crippen molar-refractivity contribution in [1.82, 2.24) is 0 Å². The second kappa shape index (κ2) is 5.25. The zero-order valence-corrected chi connectivity index (χ0v) is 10.6. The Hall–Kier alpha value is -0.770. The highest BCUT2D eigenvalue weighted by atomic mass is 35.5. The zero-order valence-electron chi connectivity index (χ0n) is 9.88. The van der Waals surface area contributed by atoms with Gasteiger partial charge in [0.15, 0.2) is 0 Å². The molecule has 2 atom stereocenters. The third-order valence-corrected chi connectivity index (χ3v) is 3.73. The maximum atomic E-state index is 9.97. The van der Waals surface area contributed by atoms with Gasteiger partial charge in [0.2, 0.25) is 0 Å². The molecule has 3 nitrogen and oxygen atoms in total. The van der Waals surface area contributed by atoms with Crippen molar-refractivity contribution in [2.45, 2.75) is 38.0 Å². The van der Waals surface area contributed by atoms with Gasteiger partial charge in [0.1, 0.15) is 0 Å². The van der Waals surface area contributed by atoms with Crippen molar-refractivity contribution in [2.75, 3.05) is 11.4 Å². The first-order valence-corrected chi connectivity index (χ1v) is 6.40. The number of benzene rings is 1. The predicted molar refractivity (Wildman–Crippen MR) is 69.5 cm³/mol. The smallest absolute Gasteiger partial charge is 0.0808 e. The van der Waals surface area contributed by atoms with Crippen LogP contribution in [0.4, 0.5) is 5.69 Å². The van der Waals surface area contributed by atoms with E-state index in [9.17, 15) is 10.2 Å². The third kappa shape index (κ3) is 2.41. The second-order valence-electron chi connectivity index (χ2n) is 4.44. The van der Waals surface area contributed by atoms with Crippen LogP contribution in [0.5, 0.6) is 0 Å². The van der Waals surface area contributed by atoms with E-state index in [1.165, 1.54) is 0 Å². The fourth-order valence-electron chi connectivity index (χ4n) is 2.58. The highest BCUT2D eigenvalue weighted by Crippen LogP contribution is 2.32. The van der Waals surface area contributed by atoms with Crippen LogP contribution < -0.4 is 4.90 Å². The van der Waals surface area contributed by atoms with Gasteiger partial charge in [0.25, 0.3) is 0 Å². The number of aliphatic hydroxyl groups is 2. The normalized spacial score (nSPS) is 28.4. The molecule has 0 spiro atoms. The number of hydrogen-bond acceptors (Lipinski definition) is 3. The SMILES string of the molecule is CCN(c1ccccc1Cl)C1C(O)CCC1O. The van der Waals surface area contributed by atoms with Crippen LogP contribution in [0.25, 0.3) is 0 Å². The van der Waals surface area contributed by atoms with Crippen LogP contribution in [0.1, 0.15) is 19.8 Å². The Bertz CT molecular complexity index is 375. The van der Waals surface area contributed by atoms with E-state index in [1.54, 1.807) is 0 Å². The quantitative estimate of drug-likeness (QED) is 0.869. The minimum Gasteiger partial charge on any atom is -0.391 e. The molecule has 1 aromatic carbocycles. The second-order valence-corrected chi connectivity index (χ2v) is 4.85. The van der Waals surface area contributed by atoms with Crippen LogP contribution in [0.3, 0.4) is 0 Å². The molecule has 0 aromatic heterocycles. The van der Waals surface area contributed by atoms with Crippen LogP contribution in [0.2, 0.25) is 5.02 Å². The summed E-state index contributed by atoms with van der Waals surface area (Å²) in [5.41, 5.74) is 0.877. The van der Waals surface area contributed by atoms with E-state index < -0.39 is 12.2 Å².